The molecule has 0 radical (unpaired) electrons. The van der Waals surface area contributed by atoms with E-state index in [1.54, 1.807) is 0 Å². The average molecular weight is 804 g/mol. The second-order valence-corrected chi connectivity index (χ2v) is 16.2. The highest BCUT2D eigenvalue weighted by molar-refractivity contribution is 6.11. The maximum Gasteiger partial charge on any atom is 0.160 e. The van der Waals surface area contributed by atoms with E-state index >= 15 is 0 Å². The number of hydrogen-bond donors (Lipinski definition) is 0. The van der Waals surface area contributed by atoms with Gasteiger partial charge in [0.2, 0.25) is 0 Å². The fourth-order valence-electron chi connectivity index (χ4n) is 9.87. The van der Waals surface area contributed by atoms with Gasteiger partial charge in [-0.05, 0) is 78.9 Å². The number of aromatic nitrogens is 5. The smallest absolute Gasteiger partial charge is 0.160 e. The maximum absolute atomic E-state index is 5.41. The van der Waals surface area contributed by atoms with Crippen molar-refractivity contribution in [1.82, 2.24) is 23.7 Å². The van der Waals surface area contributed by atoms with Gasteiger partial charge in [0.1, 0.15) is 0 Å². The third kappa shape index (κ3) is 5.57. The van der Waals surface area contributed by atoms with Crippen LogP contribution in [0.3, 0.4) is 0 Å². The SMILES string of the molecule is c1cc(-c2cc(-c3cccc(-n4c5ccccc5c5ccccc54)c3)nc(-c3cccc(-n4c5ccccc5c5ccccc54)c3)n2)cc(-n2c3ccccc3c3ccccc32)c1. The molecule has 5 nitrogen and oxygen atoms in total. The van der Waals surface area contributed by atoms with E-state index in [2.05, 4.69) is 238 Å². The van der Waals surface area contributed by atoms with Gasteiger partial charge in [0.25, 0.3) is 0 Å². The Bertz CT molecular complexity index is 3360. The highest BCUT2D eigenvalue weighted by Gasteiger charge is 2.18. The van der Waals surface area contributed by atoms with Crippen LogP contribution in [0.15, 0.2) is 224 Å². The quantitative estimate of drug-likeness (QED) is 0.168. The summed E-state index contributed by atoms with van der Waals surface area (Å²) < 4.78 is 7.08. The van der Waals surface area contributed by atoms with E-state index < -0.39 is 0 Å². The van der Waals surface area contributed by atoms with Crippen molar-refractivity contribution in [3.05, 3.63) is 224 Å². The summed E-state index contributed by atoms with van der Waals surface area (Å²) in [7, 11) is 0. The molecule has 0 spiro atoms. The van der Waals surface area contributed by atoms with E-state index in [1.165, 1.54) is 54.4 Å². The predicted octanol–water partition coefficient (Wildman–Crippen LogP) is 14.8. The van der Waals surface area contributed by atoms with Gasteiger partial charge in [-0.25, -0.2) is 9.97 Å². The summed E-state index contributed by atoms with van der Waals surface area (Å²) in [6.45, 7) is 0. The molecule has 294 valence electrons. The van der Waals surface area contributed by atoms with Gasteiger partial charge in [-0.15, -0.1) is 0 Å². The molecule has 0 aliphatic rings. The highest BCUT2D eigenvalue weighted by atomic mass is 15.0. The summed E-state index contributed by atoms with van der Waals surface area (Å²) in [4.78, 5) is 10.8. The van der Waals surface area contributed by atoms with Gasteiger partial charge in [0.15, 0.2) is 5.82 Å². The molecule has 0 unspecified atom stereocenters. The molecular weight excluding hydrogens is 767 g/mol. The van der Waals surface area contributed by atoms with E-state index in [4.69, 9.17) is 9.97 Å². The lowest BCUT2D eigenvalue weighted by Crippen LogP contribution is -2.00. The molecule has 0 saturated carbocycles. The van der Waals surface area contributed by atoms with Gasteiger partial charge in [0.05, 0.1) is 44.5 Å². The summed E-state index contributed by atoms with van der Waals surface area (Å²) >= 11 is 0. The molecule has 63 heavy (non-hydrogen) atoms. The van der Waals surface area contributed by atoms with Crippen LogP contribution in [-0.2, 0) is 0 Å². The topological polar surface area (TPSA) is 40.6 Å². The molecule has 13 aromatic rings. The Morgan fingerprint density at radius 2 is 0.508 bits per heavy atom. The standard InChI is InChI=1S/C58H37N5/c1-7-28-52-44(22-1)45-23-2-8-29-53(45)61(52)41-19-13-16-38(34-41)50-37-51(39-17-14-20-42(35-39)62-54-30-9-3-24-46(54)47-25-4-10-31-55(47)62)60-58(59-50)40-18-15-21-43(36-40)63-56-32-11-5-26-48(56)49-27-6-12-33-57(49)63/h1-37H. The van der Waals surface area contributed by atoms with Crippen LogP contribution in [0.4, 0.5) is 0 Å². The fraction of sp³-hybridized carbons (Fsp3) is 0. The number of nitrogens with zero attached hydrogens (tertiary/aromatic N) is 5. The Kier molecular flexibility index (Phi) is 7.84. The lowest BCUT2D eigenvalue weighted by Gasteiger charge is -2.14. The molecule has 4 aromatic heterocycles. The average Bonchev–Trinajstić information content (AvgIpc) is 4.00. The van der Waals surface area contributed by atoms with Gasteiger partial charge in [0, 0.05) is 66.1 Å². The molecule has 4 heterocycles. The van der Waals surface area contributed by atoms with Crippen LogP contribution >= 0.6 is 0 Å². The predicted molar refractivity (Wildman–Crippen MR) is 261 cm³/mol. The Morgan fingerprint density at radius 3 is 0.825 bits per heavy atom. The molecule has 5 heteroatoms. The largest absolute Gasteiger partial charge is 0.309 e. The van der Waals surface area contributed by atoms with Crippen LogP contribution < -0.4 is 0 Å². The summed E-state index contributed by atoms with van der Waals surface area (Å²) in [5.41, 5.74) is 14.9. The normalized spacial score (nSPS) is 11.8. The first-order chi connectivity index (χ1) is 31.2. The Morgan fingerprint density at radius 1 is 0.238 bits per heavy atom. The zero-order valence-electron chi connectivity index (χ0n) is 34.1. The molecule has 9 aromatic carbocycles. The number of benzene rings is 9. The summed E-state index contributed by atoms with van der Waals surface area (Å²) in [6.07, 6.45) is 0. The minimum atomic E-state index is 0.662. The number of fused-ring (bicyclic) bond motifs is 9. The van der Waals surface area contributed by atoms with Crippen molar-refractivity contribution in [2.45, 2.75) is 0 Å². The van der Waals surface area contributed by atoms with Crippen LogP contribution in [0.5, 0.6) is 0 Å². The van der Waals surface area contributed by atoms with Crippen LogP contribution in [0, 0.1) is 0 Å². The van der Waals surface area contributed by atoms with Gasteiger partial charge < -0.3 is 13.7 Å². The van der Waals surface area contributed by atoms with Crippen LogP contribution in [0.2, 0.25) is 0 Å². The van der Waals surface area contributed by atoms with Crippen LogP contribution in [0.1, 0.15) is 0 Å². The van der Waals surface area contributed by atoms with Gasteiger partial charge in [-0.1, -0.05) is 146 Å². The minimum Gasteiger partial charge on any atom is -0.309 e. The molecule has 0 N–H and O–H groups in total. The van der Waals surface area contributed by atoms with Gasteiger partial charge in [-0.3, -0.25) is 0 Å². The number of rotatable bonds is 6. The minimum absolute atomic E-state index is 0.662. The number of para-hydroxylation sites is 6. The Labute approximate surface area is 363 Å². The Balaban J connectivity index is 1.01. The summed E-state index contributed by atoms with van der Waals surface area (Å²) in [6, 6.07) is 80.2. The Hall–Kier alpha value is -8.54. The zero-order valence-corrected chi connectivity index (χ0v) is 34.1. The zero-order chi connectivity index (χ0) is 41.4. The monoisotopic (exact) mass is 803 g/mol. The first kappa shape index (κ1) is 35.2. The van der Waals surface area contributed by atoms with Crippen molar-refractivity contribution in [3.8, 4) is 51.0 Å². The van der Waals surface area contributed by atoms with E-state index in [0.717, 1.165) is 56.2 Å². The molecule has 0 atom stereocenters. The van der Waals surface area contributed by atoms with Crippen molar-refractivity contribution in [2.24, 2.45) is 0 Å². The van der Waals surface area contributed by atoms with Crippen molar-refractivity contribution in [2.75, 3.05) is 0 Å². The van der Waals surface area contributed by atoms with E-state index in [0.29, 0.717) is 5.82 Å². The molecule has 0 bridgehead atoms. The molecule has 0 saturated heterocycles. The van der Waals surface area contributed by atoms with Crippen LogP contribution in [0.25, 0.3) is 116 Å². The second kappa shape index (κ2) is 14.0. The lowest BCUT2D eigenvalue weighted by molar-refractivity contribution is 1.15. The van der Waals surface area contributed by atoms with E-state index in [-0.39, 0.29) is 0 Å². The number of hydrogen-bond acceptors (Lipinski definition) is 2. The first-order valence-electron chi connectivity index (χ1n) is 21.4. The van der Waals surface area contributed by atoms with Gasteiger partial charge >= 0.3 is 0 Å². The fourth-order valence-corrected chi connectivity index (χ4v) is 9.87. The second-order valence-electron chi connectivity index (χ2n) is 16.2. The van der Waals surface area contributed by atoms with Crippen molar-refractivity contribution in [3.63, 3.8) is 0 Å². The third-order valence-corrected chi connectivity index (χ3v) is 12.6. The summed E-state index contributed by atoms with van der Waals surface area (Å²) in [5.74, 6) is 0.662. The third-order valence-electron chi connectivity index (χ3n) is 12.6. The molecular formula is C58H37N5. The van der Waals surface area contributed by atoms with Gasteiger partial charge in [-0.2, -0.15) is 0 Å². The highest BCUT2D eigenvalue weighted by Crippen LogP contribution is 2.38. The van der Waals surface area contributed by atoms with E-state index in [1.807, 2.05) is 0 Å². The molecule has 0 fully saturated rings. The molecule has 0 aliphatic heterocycles. The maximum atomic E-state index is 5.41. The molecule has 0 amide bonds. The van der Waals surface area contributed by atoms with Crippen molar-refractivity contribution >= 4 is 65.4 Å². The van der Waals surface area contributed by atoms with E-state index in [9.17, 15) is 0 Å². The van der Waals surface area contributed by atoms with Crippen LogP contribution in [-0.4, -0.2) is 23.7 Å². The van der Waals surface area contributed by atoms with Crippen molar-refractivity contribution < 1.29 is 0 Å². The van der Waals surface area contributed by atoms with Crippen molar-refractivity contribution in [1.29, 1.82) is 0 Å². The lowest BCUT2D eigenvalue weighted by atomic mass is 10.0. The molecule has 13 rings (SSSR count). The summed E-state index contributed by atoms with van der Waals surface area (Å²) in [5, 5.41) is 7.39. The first-order valence-corrected chi connectivity index (χ1v) is 21.4. The molecule has 0 aliphatic carbocycles.